The molecule has 0 bridgehead atoms. The van der Waals surface area contributed by atoms with E-state index in [0.717, 1.165) is 11.1 Å². The molecule has 6 nitrogen and oxygen atoms in total. The third-order valence-corrected chi connectivity index (χ3v) is 5.32. The molecule has 3 rings (SSSR count). The van der Waals surface area contributed by atoms with E-state index in [9.17, 15) is 14.4 Å². The molecule has 2 heterocycles. The van der Waals surface area contributed by atoms with E-state index < -0.39 is 5.60 Å². The molecule has 140 valence electrons. The first-order valence-corrected chi connectivity index (χ1v) is 9.02. The van der Waals surface area contributed by atoms with Gasteiger partial charge < -0.3 is 14.4 Å². The number of nitrogens with zero attached hydrogens (tertiary/aromatic N) is 1. The van der Waals surface area contributed by atoms with Crippen LogP contribution in [0.2, 0.25) is 0 Å². The van der Waals surface area contributed by atoms with Gasteiger partial charge in [0.1, 0.15) is 11.4 Å². The number of ether oxygens (including phenoxy) is 2. The van der Waals surface area contributed by atoms with Crippen LogP contribution in [0.3, 0.4) is 0 Å². The normalized spacial score (nSPS) is 18.3. The third-order valence-electron chi connectivity index (χ3n) is 5.32. The highest BCUT2D eigenvalue weighted by Gasteiger charge is 2.44. The monoisotopic (exact) mass is 359 g/mol. The SMILES string of the molecule is COC(=O)CCC(=O)N1CCC2(CC1)CC(=O)c1cc(C)cc(C)c1O2. The molecule has 0 radical (unpaired) electrons. The van der Waals surface area contributed by atoms with Gasteiger partial charge in [0.15, 0.2) is 5.78 Å². The Kier molecular flexibility index (Phi) is 5.03. The molecule has 1 fully saturated rings. The maximum atomic E-state index is 12.7. The smallest absolute Gasteiger partial charge is 0.306 e. The number of ketones is 1. The molecule has 2 aliphatic heterocycles. The Balaban J connectivity index is 1.66. The van der Waals surface area contributed by atoms with Crippen LogP contribution in [0.25, 0.3) is 0 Å². The lowest BCUT2D eigenvalue weighted by Gasteiger charge is -2.44. The maximum absolute atomic E-state index is 12.7. The van der Waals surface area contributed by atoms with Gasteiger partial charge in [-0.25, -0.2) is 0 Å². The van der Waals surface area contributed by atoms with E-state index >= 15 is 0 Å². The third kappa shape index (κ3) is 3.59. The number of rotatable bonds is 3. The molecule has 0 unspecified atom stereocenters. The van der Waals surface area contributed by atoms with Gasteiger partial charge in [0.05, 0.1) is 25.5 Å². The lowest BCUT2D eigenvalue weighted by molar-refractivity contribution is -0.144. The van der Waals surface area contributed by atoms with Gasteiger partial charge in [-0.15, -0.1) is 0 Å². The lowest BCUT2D eigenvalue weighted by atomic mass is 9.81. The predicted octanol–water partition coefficient (Wildman–Crippen LogP) is 2.58. The molecule has 1 saturated heterocycles. The fourth-order valence-electron chi connectivity index (χ4n) is 3.85. The quantitative estimate of drug-likeness (QED) is 0.776. The van der Waals surface area contributed by atoms with Crippen LogP contribution in [0, 0.1) is 13.8 Å². The van der Waals surface area contributed by atoms with Crippen molar-refractivity contribution in [2.24, 2.45) is 0 Å². The summed E-state index contributed by atoms with van der Waals surface area (Å²) >= 11 is 0. The fourth-order valence-corrected chi connectivity index (χ4v) is 3.85. The number of amides is 1. The van der Waals surface area contributed by atoms with Gasteiger partial charge in [-0.1, -0.05) is 6.07 Å². The van der Waals surface area contributed by atoms with Crippen LogP contribution in [-0.2, 0) is 14.3 Å². The first kappa shape index (κ1) is 18.4. The molecule has 0 aliphatic carbocycles. The minimum Gasteiger partial charge on any atom is -0.486 e. The summed E-state index contributed by atoms with van der Waals surface area (Å²) in [6, 6.07) is 3.92. The number of likely N-dealkylation sites (tertiary alicyclic amines) is 1. The minimum atomic E-state index is -0.525. The highest BCUT2D eigenvalue weighted by molar-refractivity contribution is 6.01. The summed E-state index contributed by atoms with van der Waals surface area (Å²) in [6.07, 6.45) is 1.84. The van der Waals surface area contributed by atoms with E-state index in [4.69, 9.17) is 4.74 Å². The highest BCUT2D eigenvalue weighted by atomic mass is 16.5. The number of carbonyl (C=O) groups excluding carboxylic acids is 3. The Bertz CT molecular complexity index is 747. The van der Waals surface area contributed by atoms with Gasteiger partial charge in [-0.2, -0.15) is 0 Å². The Morgan fingerprint density at radius 3 is 2.54 bits per heavy atom. The minimum absolute atomic E-state index is 0.0559. The van der Waals surface area contributed by atoms with Crippen molar-refractivity contribution in [3.05, 3.63) is 28.8 Å². The standard InChI is InChI=1S/C20H25NO5/c1-13-10-14(2)19-15(11-13)16(22)12-20(26-19)6-8-21(9-7-20)17(23)4-5-18(24)25-3/h10-11H,4-9,12H2,1-3H3. The number of piperidine rings is 1. The Morgan fingerprint density at radius 1 is 1.19 bits per heavy atom. The van der Waals surface area contributed by atoms with E-state index in [1.807, 2.05) is 26.0 Å². The van der Waals surface area contributed by atoms with E-state index in [-0.39, 0.29) is 30.5 Å². The highest BCUT2D eigenvalue weighted by Crippen LogP contribution is 2.41. The Morgan fingerprint density at radius 2 is 1.88 bits per heavy atom. The van der Waals surface area contributed by atoms with Gasteiger partial charge in [-0.3, -0.25) is 14.4 Å². The second-order valence-corrected chi connectivity index (χ2v) is 7.30. The largest absolute Gasteiger partial charge is 0.486 e. The van der Waals surface area contributed by atoms with Crippen molar-refractivity contribution in [2.75, 3.05) is 20.2 Å². The van der Waals surface area contributed by atoms with E-state index in [2.05, 4.69) is 4.74 Å². The van der Waals surface area contributed by atoms with Crippen LogP contribution in [0.5, 0.6) is 5.75 Å². The van der Waals surface area contributed by atoms with Crippen molar-refractivity contribution in [1.82, 2.24) is 4.90 Å². The van der Waals surface area contributed by atoms with Crippen molar-refractivity contribution in [1.29, 1.82) is 0 Å². The van der Waals surface area contributed by atoms with Crippen molar-refractivity contribution in [3.63, 3.8) is 0 Å². The average molecular weight is 359 g/mol. The molecule has 0 saturated carbocycles. The lowest BCUT2D eigenvalue weighted by Crippen LogP contribution is -2.52. The molecule has 26 heavy (non-hydrogen) atoms. The van der Waals surface area contributed by atoms with Crippen LogP contribution in [0.15, 0.2) is 12.1 Å². The number of carbonyl (C=O) groups is 3. The number of Topliss-reactive ketones (excluding diaryl/α,β-unsaturated/α-hetero) is 1. The number of hydrogen-bond donors (Lipinski definition) is 0. The second kappa shape index (κ2) is 7.09. The first-order valence-electron chi connectivity index (χ1n) is 9.02. The van der Waals surface area contributed by atoms with Gasteiger partial charge in [-0.05, 0) is 31.0 Å². The molecule has 0 N–H and O–H groups in total. The average Bonchev–Trinajstić information content (AvgIpc) is 2.61. The predicted molar refractivity (Wildman–Crippen MR) is 95.3 cm³/mol. The summed E-state index contributed by atoms with van der Waals surface area (Å²) in [6.45, 7) is 5.01. The summed E-state index contributed by atoms with van der Waals surface area (Å²) in [5.41, 5.74) is 2.18. The maximum Gasteiger partial charge on any atom is 0.306 e. The van der Waals surface area contributed by atoms with Crippen LogP contribution >= 0.6 is 0 Å². The molecule has 1 aromatic rings. The van der Waals surface area contributed by atoms with Gasteiger partial charge in [0.2, 0.25) is 5.91 Å². The number of aryl methyl sites for hydroxylation is 2. The van der Waals surface area contributed by atoms with Gasteiger partial charge in [0.25, 0.3) is 0 Å². The Hall–Kier alpha value is -2.37. The summed E-state index contributed by atoms with van der Waals surface area (Å²) < 4.78 is 10.9. The summed E-state index contributed by atoms with van der Waals surface area (Å²) in [5.74, 6) is 0.371. The second-order valence-electron chi connectivity index (χ2n) is 7.30. The number of fused-ring (bicyclic) bond motifs is 1. The number of hydrogen-bond acceptors (Lipinski definition) is 5. The molecule has 2 aliphatic rings. The zero-order valence-electron chi connectivity index (χ0n) is 15.6. The van der Waals surface area contributed by atoms with Crippen molar-refractivity contribution in [3.8, 4) is 5.75 Å². The van der Waals surface area contributed by atoms with Crippen LogP contribution in [0.4, 0.5) is 0 Å². The molecule has 0 atom stereocenters. The van der Waals surface area contributed by atoms with Crippen molar-refractivity contribution in [2.45, 2.75) is 51.6 Å². The van der Waals surface area contributed by atoms with E-state index in [0.29, 0.717) is 43.7 Å². The first-order chi connectivity index (χ1) is 12.3. The zero-order valence-corrected chi connectivity index (χ0v) is 15.6. The van der Waals surface area contributed by atoms with Crippen LogP contribution in [0.1, 0.15) is 53.6 Å². The van der Waals surface area contributed by atoms with Gasteiger partial charge >= 0.3 is 5.97 Å². The van der Waals surface area contributed by atoms with Crippen LogP contribution < -0.4 is 4.74 Å². The topological polar surface area (TPSA) is 72.9 Å². The molecular weight excluding hydrogens is 334 g/mol. The summed E-state index contributed by atoms with van der Waals surface area (Å²) in [7, 11) is 1.32. The van der Waals surface area contributed by atoms with E-state index in [1.54, 1.807) is 4.90 Å². The zero-order chi connectivity index (χ0) is 18.9. The number of methoxy groups -OCH3 is 1. The molecule has 0 aromatic heterocycles. The molecule has 1 amide bonds. The molecular formula is C20H25NO5. The summed E-state index contributed by atoms with van der Waals surface area (Å²) in [4.78, 5) is 37.9. The van der Waals surface area contributed by atoms with Crippen molar-refractivity contribution < 1.29 is 23.9 Å². The van der Waals surface area contributed by atoms with E-state index in [1.165, 1.54) is 7.11 Å². The number of esters is 1. The number of benzene rings is 1. The molecule has 1 spiro atoms. The summed E-state index contributed by atoms with van der Waals surface area (Å²) in [5, 5.41) is 0. The molecule has 1 aromatic carbocycles. The van der Waals surface area contributed by atoms with Crippen LogP contribution in [-0.4, -0.2) is 48.4 Å². The van der Waals surface area contributed by atoms with Gasteiger partial charge in [0, 0.05) is 32.4 Å². The molecule has 6 heteroatoms. The van der Waals surface area contributed by atoms with Crippen molar-refractivity contribution >= 4 is 17.7 Å². The Labute approximate surface area is 153 Å². The fraction of sp³-hybridized carbons (Fsp3) is 0.550.